The first-order valence-corrected chi connectivity index (χ1v) is 12.8. The lowest BCUT2D eigenvalue weighted by atomic mass is 9.87. The zero-order valence-electron chi connectivity index (χ0n) is 22.9. The van der Waals surface area contributed by atoms with Crippen LogP contribution < -0.4 is 15.4 Å². The van der Waals surface area contributed by atoms with Crippen LogP contribution in [0.4, 0.5) is 17.3 Å². The number of benzene rings is 3. The van der Waals surface area contributed by atoms with Gasteiger partial charge in [0.2, 0.25) is 5.95 Å². The summed E-state index contributed by atoms with van der Waals surface area (Å²) in [5, 5.41) is 22.9. The zero-order chi connectivity index (χ0) is 28.6. The predicted octanol–water partition coefficient (Wildman–Crippen LogP) is 6.09. The number of para-hydroxylation sites is 3. The first-order chi connectivity index (χ1) is 19.1. The molecule has 0 bridgehead atoms. The minimum Gasteiger partial charge on any atom is -0.495 e. The standard InChI is InChI=1S/C30H30N6O4/c1-18-25(28(37)32-22-11-7-9-13-24(22)40-5)26(21-10-6-8-12-23(21)36(38)39)35-29(31-18)33-27(34-35)19-14-16-20(17-15-19)30(2,3)4/h6-17,26H,1-5H3,(H,32,37)(H,31,33,34). The lowest BCUT2D eigenvalue weighted by Crippen LogP contribution is -2.32. The molecule has 0 saturated heterocycles. The Morgan fingerprint density at radius 3 is 2.40 bits per heavy atom. The molecule has 10 nitrogen and oxygen atoms in total. The van der Waals surface area contributed by atoms with E-state index in [4.69, 9.17) is 14.8 Å². The minimum atomic E-state index is -0.914. The molecule has 40 heavy (non-hydrogen) atoms. The maximum atomic E-state index is 13.8. The first-order valence-electron chi connectivity index (χ1n) is 12.8. The Hall–Kier alpha value is -4.99. The number of allylic oxidation sites excluding steroid dienone is 1. The lowest BCUT2D eigenvalue weighted by Gasteiger charge is -2.28. The molecule has 0 fully saturated rings. The van der Waals surface area contributed by atoms with Crippen molar-refractivity contribution < 1.29 is 14.5 Å². The molecule has 0 saturated carbocycles. The molecule has 1 aliphatic heterocycles. The number of ether oxygens (including phenoxy) is 1. The number of carbonyl (C=O) groups excluding carboxylic acids is 1. The van der Waals surface area contributed by atoms with E-state index in [1.807, 2.05) is 24.3 Å². The van der Waals surface area contributed by atoms with Gasteiger partial charge in [-0.15, -0.1) is 5.10 Å². The van der Waals surface area contributed by atoms with Gasteiger partial charge in [-0.2, -0.15) is 4.98 Å². The number of hydrogen-bond acceptors (Lipinski definition) is 7. The largest absolute Gasteiger partial charge is 0.495 e. The molecule has 0 aliphatic carbocycles. The van der Waals surface area contributed by atoms with Crippen LogP contribution in [0.2, 0.25) is 0 Å². The fourth-order valence-corrected chi connectivity index (χ4v) is 4.80. The van der Waals surface area contributed by atoms with Crippen LogP contribution in [-0.4, -0.2) is 32.7 Å². The second kappa shape index (κ2) is 10.3. The maximum Gasteiger partial charge on any atom is 0.275 e. The van der Waals surface area contributed by atoms with Crippen molar-refractivity contribution in [2.45, 2.75) is 39.2 Å². The van der Waals surface area contributed by atoms with E-state index < -0.39 is 16.9 Å². The summed E-state index contributed by atoms with van der Waals surface area (Å²) in [6, 6.07) is 20.5. The molecular formula is C30H30N6O4. The van der Waals surface area contributed by atoms with Gasteiger partial charge in [-0.1, -0.05) is 69.3 Å². The van der Waals surface area contributed by atoms with Crippen molar-refractivity contribution in [2.24, 2.45) is 0 Å². The molecule has 1 atom stereocenters. The number of aromatic nitrogens is 3. The number of rotatable bonds is 6. The molecule has 2 N–H and O–H groups in total. The normalized spacial score (nSPS) is 14.8. The number of amides is 1. The quantitative estimate of drug-likeness (QED) is 0.225. The highest BCUT2D eigenvalue weighted by Gasteiger charge is 2.38. The molecule has 204 valence electrons. The van der Waals surface area contributed by atoms with Gasteiger partial charge in [-0.05, 0) is 36.1 Å². The Labute approximate surface area is 231 Å². The monoisotopic (exact) mass is 538 g/mol. The van der Waals surface area contributed by atoms with Gasteiger partial charge < -0.3 is 15.4 Å². The van der Waals surface area contributed by atoms with Gasteiger partial charge in [0.15, 0.2) is 5.82 Å². The van der Waals surface area contributed by atoms with Crippen LogP contribution >= 0.6 is 0 Å². The number of fused-ring (bicyclic) bond motifs is 1. The van der Waals surface area contributed by atoms with E-state index in [9.17, 15) is 14.9 Å². The summed E-state index contributed by atoms with van der Waals surface area (Å²) in [6.07, 6.45) is 0. The zero-order valence-corrected chi connectivity index (χ0v) is 22.9. The van der Waals surface area contributed by atoms with Crippen LogP contribution in [0, 0.1) is 10.1 Å². The van der Waals surface area contributed by atoms with E-state index in [1.54, 1.807) is 54.1 Å². The van der Waals surface area contributed by atoms with Gasteiger partial charge in [0.25, 0.3) is 11.6 Å². The molecule has 5 rings (SSSR count). The van der Waals surface area contributed by atoms with Crippen LogP contribution in [-0.2, 0) is 10.2 Å². The molecule has 4 aromatic rings. The average molecular weight is 539 g/mol. The molecular weight excluding hydrogens is 508 g/mol. The van der Waals surface area contributed by atoms with E-state index in [0.717, 1.165) is 5.56 Å². The molecule has 3 aromatic carbocycles. The fourth-order valence-electron chi connectivity index (χ4n) is 4.80. The number of nitro groups is 1. The summed E-state index contributed by atoms with van der Waals surface area (Å²) in [4.78, 5) is 30.1. The summed E-state index contributed by atoms with van der Waals surface area (Å²) >= 11 is 0. The minimum absolute atomic E-state index is 0.0109. The van der Waals surface area contributed by atoms with Gasteiger partial charge in [-0.3, -0.25) is 14.9 Å². The third-order valence-corrected chi connectivity index (χ3v) is 6.89. The SMILES string of the molecule is COc1ccccc1NC(=O)C1=C(C)Nc2nc(-c3ccc(C(C)(C)C)cc3)nn2C1c1ccccc1[N+](=O)[O-]. The first kappa shape index (κ1) is 26.6. The Morgan fingerprint density at radius 1 is 1.05 bits per heavy atom. The number of nitro benzene ring substituents is 1. The topological polar surface area (TPSA) is 124 Å². The van der Waals surface area contributed by atoms with Crippen molar-refractivity contribution in [3.05, 3.63) is 105 Å². The third kappa shape index (κ3) is 4.91. The predicted molar refractivity (Wildman–Crippen MR) is 153 cm³/mol. The summed E-state index contributed by atoms with van der Waals surface area (Å²) in [5.41, 5.74) is 3.39. The summed E-state index contributed by atoms with van der Waals surface area (Å²) < 4.78 is 6.94. The molecule has 1 aromatic heterocycles. The second-order valence-electron chi connectivity index (χ2n) is 10.6. The number of anilines is 2. The number of hydrogen-bond donors (Lipinski definition) is 2. The Balaban J connectivity index is 1.62. The Morgan fingerprint density at radius 2 is 1.73 bits per heavy atom. The van der Waals surface area contributed by atoms with E-state index in [0.29, 0.717) is 34.5 Å². The molecule has 1 unspecified atom stereocenters. The van der Waals surface area contributed by atoms with Gasteiger partial charge in [-0.25, -0.2) is 4.68 Å². The van der Waals surface area contributed by atoms with Crippen molar-refractivity contribution in [3.8, 4) is 17.1 Å². The second-order valence-corrected chi connectivity index (χ2v) is 10.6. The van der Waals surface area contributed by atoms with Crippen molar-refractivity contribution in [1.82, 2.24) is 14.8 Å². The number of nitrogens with one attached hydrogen (secondary N) is 2. The molecule has 1 amide bonds. The summed E-state index contributed by atoms with van der Waals surface area (Å²) in [5.74, 6) is 0.854. The van der Waals surface area contributed by atoms with E-state index >= 15 is 0 Å². The molecule has 1 aliphatic rings. The van der Waals surface area contributed by atoms with Gasteiger partial charge >= 0.3 is 0 Å². The number of nitrogens with zero attached hydrogens (tertiary/aromatic N) is 4. The highest BCUT2D eigenvalue weighted by molar-refractivity contribution is 6.06. The number of methoxy groups -OCH3 is 1. The molecule has 10 heteroatoms. The van der Waals surface area contributed by atoms with Gasteiger partial charge in [0, 0.05) is 17.3 Å². The highest BCUT2D eigenvalue weighted by atomic mass is 16.6. The van der Waals surface area contributed by atoms with E-state index in [-0.39, 0.29) is 16.7 Å². The van der Waals surface area contributed by atoms with Crippen LogP contribution in [0.15, 0.2) is 84.1 Å². The van der Waals surface area contributed by atoms with Crippen LogP contribution in [0.1, 0.15) is 44.9 Å². The summed E-state index contributed by atoms with van der Waals surface area (Å²) in [7, 11) is 1.52. The van der Waals surface area contributed by atoms with Crippen molar-refractivity contribution in [3.63, 3.8) is 0 Å². The maximum absolute atomic E-state index is 13.8. The Kier molecular flexibility index (Phi) is 6.85. The summed E-state index contributed by atoms with van der Waals surface area (Å²) in [6.45, 7) is 8.17. The van der Waals surface area contributed by atoms with Crippen LogP contribution in [0.5, 0.6) is 5.75 Å². The van der Waals surface area contributed by atoms with E-state index in [1.165, 1.54) is 18.7 Å². The van der Waals surface area contributed by atoms with Crippen molar-refractivity contribution in [2.75, 3.05) is 17.7 Å². The molecule has 0 spiro atoms. The van der Waals surface area contributed by atoms with Gasteiger partial charge in [0.1, 0.15) is 11.8 Å². The number of carbonyl (C=O) groups is 1. The van der Waals surface area contributed by atoms with Crippen molar-refractivity contribution >= 4 is 23.2 Å². The van der Waals surface area contributed by atoms with Crippen molar-refractivity contribution in [1.29, 1.82) is 0 Å². The molecule has 0 radical (unpaired) electrons. The van der Waals surface area contributed by atoms with Gasteiger partial charge in [0.05, 0.1) is 28.9 Å². The van der Waals surface area contributed by atoms with E-state index in [2.05, 4.69) is 31.4 Å². The molecule has 2 heterocycles. The van der Waals surface area contributed by atoms with Crippen LogP contribution in [0.25, 0.3) is 11.4 Å². The van der Waals surface area contributed by atoms with Crippen LogP contribution in [0.3, 0.4) is 0 Å². The highest BCUT2D eigenvalue weighted by Crippen LogP contribution is 2.40. The smallest absolute Gasteiger partial charge is 0.275 e. The fraction of sp³-hybridized carbons (Fsp3) is 0.233. The lowest BCUT2D eigenvalue weighted by molar-refractivity contribution is -0.385. The average Bonchev–Trinajstić information content (AvgIpc) is 3.35. The third-order valence-electron chi connectivity index (χ3n) is 6.89. The Bertz CT molecular complexity index is 1630.